The molecule has 0 atom stereocenters. The molecule has 0 aliphatic carbocycles. The Balaban J connectivity index is 1.87. The Hall–Kier alpha value is -2.33. The number of guanidine groups is 1. The van der Waals surface area contributed by atoms with Crippen LogP contribution >= 0.6 is 11.3 Å². The molecule has 29 heavy (non-hydrogen) atoms. The maximum atomic E-state index is 12.6. The van der Waals surface area contributed by atoms with Crippen LogP contribution in [0.3, 0.4) is 0 Å². The first-order valence-corrected chi connectivity index (χ1v) is 10.0. The second-order valence-electron chi connectivity index (χ2n) is 5.98. The number of benzene rings is 1. The Morgan fingerprint density at radius 2 is 2.07 bits per heavy atom. The lowest BCUT2D eigenvalue weighted by molar-refractivity contribution is -0.140. The van der Waals surface area contributed by atoms with Crippen LogP contribution in [0.1, 0.15) is 23.2 Å². The molecule has 160 valence electrons. The Kier molecular flexibility index (Phi) is 9.20. The Bertz CT molecular complexity index is 781. The Morgan fingerprint density at radius 3 is 2.76 bits per heavy atom. The SMILES string of the molecule is CCNC(=NCc1cccc(OCCOC)c1)NCCc1nc(C(F)(F)F)cs1. The van der Waals surface area contributed by atoms with Crippen molar-refractivity contribution in [3.63, 3.8) is 0 Å². The Morgan fingerprint density at radius 1 is 1.24 bits per heavy atom. The number of hydrogen-bond donors (Lipinski definition) is 2. The van der Waals surface area contributed by atoms with E-state index in [9.17, 15) is 13.2 Å². The lowest BCUT2D eigenvalue weighted by Gasteiger charge is -2.11. The van der Waals surface area contributed by atoms with Crippen molar-refractivity contribution in [1.82, 2.24) is 15.6 Å². The molecule has 2 aromatic rings. The zero-order valence-corrected chi connectivity index (χ0v) is 17.2. The van der Waals surface area contributed by atoms with Crippen molar-refractivity contribution in [2.24, 2.45) is 4.99 Å². The summed E-state index contributed by atoms with van der Waals surface area (Å²) in [6.45, 7) is 4.46. The molecule has 0 unspecified atom stereocenters. The Labute approximate surface area is 172 Å². The molecule has 6 nitrogen and oxygen atoms in total. The predicted octanol–water partition coefficient (Wildman–Crippen LogP) is 3.48. The molecule has 0 saturated heterocycles. The average molecular weight is 430 g/mol. The van der Waals surface area contributed by atoms with Crippen LogP contribution in [-0.4, -0.2) is 44.4 Å². The van der Waals surface area contributed by atoms with E-state index in [4.69, 9.17) is 9.47 Å². The number of thiazole rings is 1. The molecule has 0 radical (unpaired) electrons. The van der Waals surface area contributed by atoms with Gasteiger partial charge < -0.3 is 20.1 Å². The van der Waals surface area contributed by atoms with E-state index in [2.05, 4.69) is 20.6 Å². The number of ether oxygens (including phenoxy) is 2. The van der Waals surface area contributed by atoms with Crippen LogP contribution in [0.2, 0.25) is 0 Å². The number of aromatic nitrogens is 1. The largest absolute Gasteiger partial charge is 0.491 e. The standard InChI is InChI=1S/C19H25F3N4O2S/c1-3-23-18(24-8-7-17-26-16(13-29-17)19(20,21)22)25-12-14-5-4-6-15(11-14)28-10-9-27-2/h4-6,11,13H,3,7-10,12H2,1-2H3,(H2,23,24,25). The minimum Gasteiger partial charge on any atom is -0.491 e. The van der Waals surface area contributed by atoms with Gasteiger partial charge in [0.1, 0.15) is 12.4 Å². The first-order valence-electron chi connectivity index (χ1n) is 9.16. The van der Waals surface area contributed by atoms with Crippen LogP contribution < -0.4 is 15.4 Å². The van der Waals surface area contributed by atoms with E-state index in [0.717, 1.165) is 28.0 Å². The number of alkyl halides is 3. The van der Waals surface area contributed by atoms with Crippen LogP contribution in [0, 0.1) is 0 Å². The van der Waals surface area contributed by atoms with Crippen LogP contribution in [-0.2, 0) is 23.9 Å². The summed E-state index contributed by atoms with van der Waals surface area (Å²) in [7, 11) is 1.62. The number of nitrogens with one attached hydrogen (secondary N) is 2. The number of rotatable bonds is 10. The van der Waals surface area contributed by atoms with Crippen LogP contribution in [0.4, 0.5) is 13.2 Å². The van der Waals surface area contributed by atoms with Gasteiger partial charge in [0.05, 0.1) is 18.2 Å². The van der Waals surface area contributed by atoms with Crippen molar-refractivity contribution in [1.29, 1.82) is 0 Å². The number of hydrogen-bond acceptors (Lipinski definition) is 5. The molecular formula is C19H25F3N4O2S. The molecule has 10 heteroatoms. The van der Waals surface area contributed by atoms with Crippen molar-refractivity contribution in [3.05, 3.63) is 45.9 Å². The summed E-state index contributed by atoms with van der Waals surface area (Å²) >= 11 is 1.01. The van der Waals surface area contributed by atoms with Crippen LogP contribution in [0.25, 0.3) is 0 Å². The molecule has 0 amide bonds. The first-order chi connectivity index (χ1) is 13.9. The van der Waals surface area contributed by atoms with Crippen molar-refractivity contribution >= 4 is 17.3 Å². The molecular weight excluding hydrogens is 405 g/mol. The number of halogens is 3. The second kappa shape index (κ2) is 11.6. The fraction of sp³-hybridized carbons (Fsp3) is 0.474. The summed E-state index contributed by atoms with van der Waals surface area (Å²) in [5.41, 5.74) is 0.137. The van der Waals surface area contributed by atoms with E-state index in [0.29, 0.717) is 50.2 Å². The zero-order chi connectivity index (χ0) is 21.1. The van der Waals surface area contributed by atoms with Gasteiger partial charge in [-0.3, -0.25) is 0 Å². The maximum Gasteiger partial charge on any atom is 0.434 e. The van der Waals surface area contributed by atoms with Crippen molar-refractivity contribution in [3.8, 4) is 5.75 Å². The molecule has 1 aromatic heterocycles. The van der Waals surface area contributed by atoms with Crippen molar-refractivity contribution < 1.29 is 22.6 Å². The third-order valence-electron chi connectivity index (χ3n) is 3.69. The number of methoxy groups -OCH3 is 1. The topological polar surface area (TPSA) is 67.8 Å². The summed E-state index contributed by atoms with van der Waals surface area (Å²) in [5.74, 6) is 1.34. The highest BCUT2D eigenvalue weighted by Gasteiger charge is 2.33. The van der Waals surface area contributed by atoms with E-state index in [1.54, 1.807) is 7.11 Å². The quantitative estimate of drug-likeness (QED) is 0.343. The smallest absolute Gasteiger partial charge is 0.434 e. The van der Waals surface area contributed by atoms with E-state index in [1.165, 1.54) is 0 Å². The minimum atomic E-state index is -4.40. The van der Waals surface area contributed by atoms with E-state index < -0.39 is 11.9 Å². The fourth-order valence-corrected chi connectivity index (χ4v) is 3.14. The molecule has 0 spiro atoms. The van der Waals surface area contributed by atoms with Gasteiger partial charge in [0.25, 0.3) is 0 Å². The van der Waals surface area contributed by atoms with Gasteiger partial charge in [0.15, 0.2) is 11.7 Å². The molecule has 1 aromatic carbocycles. The van der Waals surface area contributed by atoms with Gasteiger partial charge in [0.2, 0.25) is 0 Å². The zero-order valence-electron chi connectivity index (χ0n) is 16.4. The fourth-order valence-electron chi connectivity index (χ4n) is 2.33. The highest BCUT2D eigenvalue weighted by Crippen LogP contribution is 2.30. The molecule has 2 N–H and O–H groups in total. The molecule has 0 aliphatic heterocycles. The summed E-state index contributed by atoms with van der Waals surface area (Å²) in [5, 5.41) is 7.71. The summed E-state index contributed by atoms with van der Waals surface area (Å²) in [6, 6.07) is 7.63. The molecule has 0 bridgehead atoms. The number of aliphatic imine (C=N–C) groups is 1. The molecule has 1 heterocycles. The van der Waals surface area contributed by atoms with Gasteiger partial charge in [-0.2, -0.15) is 13.2 Å². The molecule has 2 rings (SSSR count). The molecule has 0 saturated carbocycles. The third-order valence-corrected chi connectivity index (χ3v) is 4.60. The highest BCUT2D eigenvalue weighted by atomic mass is 32.1. The second-order valence-corrected chi connectivity index (χ2v) is 6.93. The van der Waals surface area contributed by atoms with Crippen LogP contribution in [0.5, 0.6) is 5.75 Å². The lowest BCUT2D eigenvalue weighted by Crippen LogP contribution is -2.38. The van der Waals surface area contributed by atoms with Gasteiger partial charge in [-0.1, -0.05) is 12.1 Å². The van der Waals surface area contributed by atoms with Crippen LogP contribution in [0.15, 0.2) is 34.6 Å². The summed E-state index contributed by atoms with van der Waals surface area (Å²) < 4.78 is 48.4. The van der Waals surface area contributed by atoms with Gasteiger partial charge in [-0.05, 0) is 24.6 Å². The molecule has 0 aliphatic rings. The molecule has 0 fully saturated rings. The highest BCUT2D eigenvalue weighted by molar-refractivity contribution is 7.09. The average Bonchev–Trinajstić information content (AvgIpc) is 3.16. The predicted molar refractivity (Wildman–Crippen MR) is 107 cm³/mol. The lowest BCUT2D eigenvalue weighted by atomic mass is 10.2. The van der Waals surface area contributed by atoms with Gasteiger partial charge in [-0.25, -0.2) is 9.98 Å². The maximum absolute atomic E-state index is 12.6. The minimum absolute atomic E-state index is 0.383. The van der Waals surface area contributed by atoms with Gasteiger partial charge in [-0.15, -0.1) is 11.3 Å². The third kappa shape index (κ3) is 8.28. The van der Waals surface area contributed by atoms with Gasteiger partial charge >= 0.3 is 6.18 Å². The van der Waals surface area contributed by atoms with Crippen molar-refractivity contribution in [2.45, 2.75) is 26.1 Å². The monoisotopic (exact) mass is 430 g/mol. The summed E-state index contributed by atoms with van der Waals surface area (Å²) in [6.07, 6.45) is -4.02. The van der Waals surface area contributed by atoms with E-state index in [1.807, 2.05) is 31.2 Å². The first kappa shape index (κ1) is 23.0. The number of nitrogens with zero attached hydrogens (tertiary/aromatic N) is 2. The van der Waals surface area contributed by atoms with E-state index in [-0.39, 0.29) is 0 Å². The normalized spacial score (nSPS) is 12.1. The van der Waals surface area contributed by atoms with Crippen molar-refractivity contribution in [2.75, 3.05) is 33.4 Å². The summed E-state index contributed by atoms with van der Waals surface area (Å²) in [4.78, 5) is 8.14. The van der Waals surface area contributed by atoms with E-state index >= 15 is 0 Å². The van der Waals surface area contributed by atoms with Gasteiger partial charge in [0, 0.05) is 32.0 Å².